The Kier molecular flexibility index (Phi) is 4.31. The third kappa shape index (κ3) is 3.19. The maximum absolute atomic E-state index is 12.1. The predicted molar refractivity (Wildman–Crippen MR) is 81.9 cm³/mol. The molecule has 0 saturated heterocycles. The monoisotopic (exact) mass is 386 g/mol. The molecule has 0 unspecified atom stereocenters. The van der Waals surface area contributed by atoms with Crippen LogP contribution in [0.1, 0.15) is 16.1 Å². The van der Waals surface area contributed by atoms with Crippen LogP contribution in [0.15, 0.2) is 33.3 Å². The van der Waals surface area contributed by atoms with E-state index in [-0.39, 0.29) is 5.91 Å². The molecule has 0 fully saturated rings. The average molecular weight is 388 g/mol. The number of halogens is 2. The highest BCUT2D eigenvalue weighted by Crippen LogP contribution is 2.32. The Morgan fingerprint density at radius 3 is 2.58 bits per heavy atom. The Bertz CT molecular complexity index is 623. The third-order valence-corrected chi connectivity index (χ3v) is 3.53. The van der Waals surface area contributed by atoms with Crippen molar-refractivity contribution >= 4 is 43.5 Å². The normalized spacial score (nSPS) is 10.3. The second kappa shape index (κ2) is 5.79. The molecule has 100 valence electrons. The molecular formula is C13H12Br2N2O2. The van der Waals surface area contributed by atoms with Crippen LogP contribution >= 0.6 is 31.9 Å². The molecule has 6 heteroatoms. The van der Waals surface area contributed by atoms with E-state index in [1.54, 1.807) is 19.4 Å². The minimum atomic E-state index is -0.213. The quantitative estimate of drug-likeness (QED) is 0.832. The first-order valence-electron chi connectivity index (χ1n) is 5.50. The van der Waals surface area contributed by atoms with E-state index in [2.05, 4.69) is 42.2 Å². The van der Waals surface area contributed by atoms with Gasteiger partial charge in [-0.15, -0.1) is 0 Å². The minimum absolute atomic E-state index is 0.213. The van der Waals surface area contributed by atoms with Gasteiger partial charge in [0.1, 0.15) is 11.4 Å². The second-order valence-corrected chi connectivity index (χ2v) is 5.82. The molecule has 0 spiro atoms. The molecule has 2 N–H and O–H groups in total. The Balaban J connectivity index is 2.31. The smallest absolute Gasteiger partial charge is 0.272 e. The highest BCUT2D eigenvalue weighted by molar-refractivity contribution is 9.10. The molecule has 19 heavy (non-hydrogen) atoms. The number of carbonyl (C=O) groups is 1. The number of nitrogens with one attached hydrogen (secondary N) is 2. The van der Waals surface area contributed by atoms with E-state index in [1.807, 2.05) is 19.1 Å². The Morgan fingerprint density at radius 1 is 1.26 bits per heavy atom. The second-order valence-electron chi connectivity index (χ2n) is 3.99. The number of H-pyrrole nitrogens is 1. The van der Waals surface area contributed by atoms with Gasteiger partial charge < -0.3 is 15.0 Å². The van der Waals surface area contributed by atoms with E-state index in [0.717, 1.165) is 14.5 Å². The van der Waals surface area contributed by atoms with Crippen LogP contribution < -0.4 is 10.1 Å². The lowest BCUT2D eigenvalue weighted by molar-refractivity contribution is 0.102. The molecule has 0 bridgehead atoms. The fourth-order valence-corrected chi connectivity index (χ4v) is 2.61. The van der Waals surface area contributed by atoms with Gasteiger partial charge in [0.15, 0.2) is 0 Å². The van der Waals surface area contributed by atoms with Crippen molar-refractivity contribution in [3.8, 4) is 5.75 Å². The molecule has 2 rings (SSSR count). The van der Waals surface area contributed by atoms with E-state index in [9.17, 15) is 4.79 Å². The molecule has 1 aromatic carbocycles. The van der Waals surface area contributed by atoms with Crippen molar-refractivity contribution in [1.29, 1.82) is 0 Å². The van der Waals surface area contributed by atoms with Crippen LogP contribution in [0.5, 0.6) is 5.75 Å². The number of benzene rings is 1. The first-order valence-corrected chi connectivity index (χ1v) is 7.09. The zero-order chi connectivity index (χ0) is 14.0. The van der Waals surface area contributed by atoms with Crippen molar-refractivity contribution in [1.82, 2.24) is 4.98 Å². The van der Waals surface area contributed by atoms with Gasteiger partial charge in [0.2, 0.25) is 0 Å². The highest BCUT2D eigenvalue weighted by atomic mass is 79.9. The maximum Gasteiger partial charge on any atom is 0.272 e. The van der Waals surface area contributed by atoms with E-state index in [4.69, 9.17) is 4.74 Å². The first kappa shape index (κ1) is 14.1. The average Bonchev–Trinajstić information content (AvgIpc) is 2.78. The van der Waals surface area contributed by atoms with E-state index in [1.165, 1.54) is 0 Å². The molecule has 4 nitrogen and oxygen atoms in total. The fourth-order valence-electron chi connectivity index (χ4n) is 1.71. The van der Waals surface area contributed by atoms with Gasteiger partial charge in [-0.05, 0) is 46.6 Å². The summed E-state index contributed by atoms with van der Waals surface area (Å²) >= 11 is 6.69. The summed E-state index contributed by atoms with van der Waals surface area (Å²) in [6.07, 6.45) is 1.71. The number of rotatable bonds is 3. The van der Waals surface area contributed by atoms with E-state index in [0.29, 0.717) is 17.1 Å². The van der Waals surface area contributed by atoms with Gasteiger partial charge in [-0.3, -0.25) is 4.79 Å². The molecule has 1 heterocycles. The van der Waals surface area contributed by atoms with E-state index >= 15 is 0 Å². The number of amides is 1. The molecule has 1 amide bonds. The number of anilines is 1. The van der Waals surface area contributed by atoms with Crippen molar-refractivity contribution in [2.24, 2.45) is 0 Å². The summed E-state index contributed by atoms with van der Waals surface area (Å²) < 4.78 is 7.02. The summed E-state index contributed by atoms with van der Waals surface area (Å²) in [6.45, 7) is 1.91. The first-order chi connectivity index (χ1) is 9.01. The SMILES string of the molecule is COc1cc(Br)cc(C)c1NC(=O)c1cc(Br)c[nH]1. The number of ether oxygens (including phenoxy) is 1. The number of hydrogen-bond donors (Lipinski definition) is 2. The van der Waals surface area contributed by atoms with Crippen LogP contribution in [-0.4, -0.2) is 18.0 Å². The van der Waals surface area contributed by atoms with Crippen LogP contribution in [0.2, 0.25) is 0 Å². The molecule has 0 atom stereocenters. The lowest BCUT2D eigenvalue weighted by Gasteiger charge is -2.13. The summed E-state index contributed by atoms with van der Waals surface area (Å²) in [5.41, 5.74) is 2.07. The van der Waals surface area contributed by atoms with Crippen LogP contribution in [0, 0.1) is 6.92 Å². The minimum Gasteiger partial charge on any atom is -0.495 e. The lowest BCUT2D eigenvalue weighted by atomic mass is 10.2. The number of methoxy groups -OCH3 is 1. The number of aromatic amines is 1. The Morgan fingerprint density at radius 2 is 2.00 bits per heavy atom. The Labute approximate surface area is 127 Å². The standard InChI is InChI=1S/C13H12Br2N2O2/c1-7-3-8(14)5-11(19-2)12(7)17-13(18)10-4-9(15)6-16-10/h3-6,16H,1-2H3,(H,17,18). The number of hydrogen-bond acceptors (Lipinski definition) is 2. The summed E-state index contributed by atoms with van der Waals surface area (Å²) in [6, 6.07) is 5.45. The van der Waals surface area contributed by atoms with Crippen LogP contribution in [0.3, 0.4) is 0 Å². The van der Waals surface area contributed by atoms with Crippen molar-refractivity contribution in [2.45, 2.75) is 6.92 Å². The van der Waals surface area contributed by atoms with Gasteiger partial charge in [-0.25, -0.2) is 0 Å². The van der Waals surface area contributed by atoms with Crippen LogP contribution in [0.4, 0.5) is 5.69 Å². The van der Waals surface area contributed by atoms with E-state index < -0.39 is 0 Å². The van der Waals surface area contributed by atoms with Crippen molar-refractivity contribution in [3.63, 3.8) is 0 Å². The number of carbonyl (C=O) groups excluding carboxylic acids is 1. The zero-order valence-corrected chi connectivity index (χ0v) is 13.6. The van der Waals surface area contributed by atoms with Crippen molar-refractivity contribution < 1.29 is 9.53 Å². The topological polar surface area (TPSA) is 54.1 Å². The van der Waals surface area contributed by atoms with Gasteiger partial charge in [0.05, 0.1) is 12.8 Å². The number of aromatic nitrogens is 1. The van der Waals surface area contributed by atoms with Crippen molar-refractivity contribution in [2.75, 3.05) is 12.4 Å². The van der Waals surface area contributed by atoms with Crippen molar-refractivity contribution in [3.05, 3.63) is 44.6 Å². The Hall–Kier alpha value is -1.27. The third-order valence-electron chi connectivity index (χ3n) is 2.61. The van der Waals surface area contributed by atoms with Gasteiger partial charge in [-0.2, -0.15) is 0 Å². The highest BCUT2D eigenvalue weighted by Gasteiger charge is 2.14. The maximum atomic E-state index is 12.1. The largest absolute Gasteiger partial charge is 0.495 e. The van der Waals surface area contributed by atoms with Crippen LogP contribution in [0.25, 0.3) is 0 Å². The lowest BCUT2D eigenvalue weighted by Crippen LogP contribution is -2.14. The molecule has 0 aliphatic rings. The predicted octanol–water partition coefficient (Wildman–Crippen LogP) is 4.11. The molecule has 0 aliphatic heterocycles. The van der Waals surface area contributed by atoms with Gasteiger partial charge in [0.25, 0.3) is 5.91 Å². The molecule has 1 aromatic heterocycles. The summed E-state index contributed by atoms with van der Waals surface area (Å²) in [5, 5.41) is 2.85. The summed E-state index contributed by atoms with van der Waals surface area (Å²) in [5.74, 6) is 0.403. The summed E-state index contributed by atoms with van der Waals surface area (Å²) in [4.78, 5) is 15.0. The van der Waals surface area contributed by atoms with Gasteiger partial charge in [-0.1, -0.05) is 15.9 Å². The summed E-state index contributed by atoms with van der Waals surface area (Å²) in [7, 11) is 1.57. The number of aryl methyl sites for hydroxylation is 1. The van der Waals surface area contributed by atoms with Crippen LogP contribution in [-0.2, 0) is 0 Å². The molecular weight excluding hydrogens is 376 g/mol. The zero-order valence-electron chi connectivity index (χ0n) is 10.4. The molecule has 0 saturated carbocycles. The van der Waals surface area contributed by atoms with Gasteiger partial charge >= 0.3 is 0 Å². The molecule has 2 aromatic rings. The molecule has 0 aliphatic carbocycles. The van der Waals surface area contributed by atoms with Gasteiger partial charge in [0, 0.05) is 15.1 Å². The fraction of sp³-hybridized carbons (Fsp3) is 0.154. The molecule has 0 radical (unpaired) electrons.